The standard InChI is InChI=1S/C35H51BN2O4/c1-22(2)15-32(36-41-31-20-26-19-30(34(26,3)4)35(31,5)42-36)38-33(40)24(18-27(39)16-23-11-7-6-8-12-23)17-25-21-37-29-14-10-9-13-28(25)29/h9-10,13-14,21-24,26,30-32,37H,6-8,11-12,15-20H2,1-5H3,(H,38,40)/t24-,26+,30+,31-,32+,35+/m1/s1. The van der Waals surface area contributed by atoms with Crippen LogP contribution in [-0.2, 0) is 25.3 Å². The van der Waals surface area contributed by atoms with Crippen molar-refractivity contribution in [2.24, 2.45) is 35.0 Å². The first-order chi connectivity index (χ1) is 20.0. The van der Waals surface area contributed by atoms with Crippen LogP contribution in [0.5, 0.6) is 0 Å². The molecule has 0 unspecified atom stereocenters. The Bertz CT molecular complexity index is 1280. The molecule has 7 heteroatoms. The second kappa shape index (κ2) is 11.8. The second-order valence-corrected chi connectivity index (χ2v) is 15.3. The Morgan fingerprint density at radius 2 is 1.86 bits per heavy atom. The second-order valence-electron chi connectivity index (χ2n) is 15.3. The molecule has 2 heterocycles. The summed E-state index contributed by atoms with van der Waals surface area (Å²) in [6.07, 6.45) is 12.5. The van der Waals surface area contributed by atoms with Gasteiger partial charge in [-0.15, -0.1) is 0 Å². The SMILES string of the molecule is CC(C)C[C@H](NC(=O)[C@@H](CC(=O)CC1CCCCC1)Cc1c[nH]c2ccccc12)B1O[C@@H]2C[C@@H]3C[C@@H](C3(C)C)[C@]2(C)O1. The molecule has 0 radical (unpaired) electrons. The zero-order chi connectivity index (χ0) is 29.6. The van der Waals surface area contributed by atoms with E-state index in [1.54, 1.807) is 0 Å². The Labute approximate surface area is 252 Å². The van der Waals surface area contributed by atoms with E-state index < -0.39 is 13.0 Å². The Balaban J connectivity index is 1.20. The van der Waals surface area contributed by atoms with Gasteiger partial charge in [0.15, 0.2) is 0 Å². The lowest BCUT2D eigenvalue weighted by Gasteiger charge is -2.64. The monoisotopic (exact) mass is 574 g/mol. The van der Waals surface area contributed by atoms with Crippen LogP contribution in [0.25, 0.3) is 10.9 Å². The zero-order valence-electron chi connectivity index (χ0n) is 26.4. The topological polar surface area (TPSA) is 80.4 Å². The highest BCUT2D eigenvalue weighted by atomic mass is 16.7. The van der Waals surface area contributed by atoms with Crippen LogP contribution in [0.2, 0.25) is 0 Å². The number of carbonyl (C=O) groups excluding carboxylic acids is 2. The number of ketones is 1. The predicted molar refractivity (Wildman–Crippen MR) is 168 cm³/mol. The molecule has 4 aliphatic carbocycles. The number of benzene rings is 1. The van der Waals surface area contributed by atoms with E-state index in [0.29, 0.717) is 36.5 Å². The lowest BCUT2D eigenvalue weighted by Crippen LogP contribution is -2.65. The normalized spacial score (nSPS) is 30.1. The largest absolute Gasteiger partial charge is 0.481 e. The van der Waals surface area contributed by atoms with E-state index in [1.807, 2.05) is 18.3 Å². The first-order valence-corrected chi connectivity index (χ1v) is 16.7. The molecule has 2 N–H and O–H groups in total. The molecule has 1 saturated heterocycles. The number of H-pyrrole nitrogens is 1. The molecule has 6 nitrogen and oxygen atoms in total. The summed E-state index contributed by atoms with van der Waals surface area (Å²) in [7, 11) is -0.465. The van der Waals surface area contributed by atoms with Gasteiger partial charge in [-0.3, -0.25) is 9.59 Å². The van der Waals surface area contributed by atoms with Crippen LogP contribution in [0.3, 0.4) is 0 Å². The fourth-order valence-electron chi connectivity index (χ4n) is 9.01. The van der Waals surface area contributed by atoms with Crippen LogP contribution in [0.1, 0.15) is 104 Å². The first-order valence-electron chi connectivity index (χ1n) is 16.7. The molecule has 1 aromatic carbocycles. The van der Waals surface area contributed by atoms with E-state index in [-0.39, 0.29) is 41.2 Å². The molecule has 4 saturated carbocycles. The van der Waals surface area contributed by atoms with Crippen molar-refractivity contribution in [3.8, 4) is 0 Å². The molecule has 1 aromatic heterocycles. The molecule has 5 aliphatic rings. The van der Waals surface area contributed by atoms with Gasteiger partial charge in [-0.1, -0.05) is 78.0 Å². The summed E-state index contributed by atoms with van der Waals surface area (Å²) in [6, 6.07) is 8.20. The number of amides is 1. The van der Waals surface area contributed by atoms with Crippen molar-refractivity contribution in [3.63, 3.8) is 0 Å². The summed E-state index contributed by atoms with van der Waals surface area (Å²) in [4.78, 5) is 30.9. The van der Waals surface area contributed by atoms with Gasteiger partial charge in [0.1, 0.15) is 5.78 Å². The van der Waals surface area contributed by atoms with E-state index in [2.05, 4.69) is 57.1 Å². The van der Waals surface area contributed by atoms with Crippen molar-refractivity contribution in [2.45, 2.75) is 123 Å². The summed E-state index contributed by atoms with van der Waals surface area (Å²) >= 11 is 0. The number of rotatable bonds is 11. The molecular formula is C35H51BN2O4. The lowest BCUT2D eigenvalue weighted by molar-refractivity contribution is -0.199. The summed E-state index contributed by atoms with van der Waals surface area (Å²) in [5.41, 5.74) is 2.10. The van der Waals surface area contributed by atoms with Crippen LogP contribution >= 0.6 is 0 Å². The number of hydrogen-bond acceptors (Lipinski definition) is 4. The number of para-hydroxylation sites is 1. The van der Waals surface area contributed by atoms with Gasteiger partial charge in [-0.25, -0.2) is 0 Å². The maximum absolute atomic E-state index is 14.2. The third kappa shape index (κ3) is 5.72. The van der Waals surface area contributed by atoms with Crippen LogP contribution < -0.4 is 5.32 Å². The van der Waals surface area contributed by atoms with Crippen molar-refractivity contribution in [1.29, 1.82) is 0 Å². The molecule has 228 valence electrons. The van der Waals surface area contributed by atoms with Gasteiger partial charge in [-0.05, 0) is 73.3 Å². The van der Waals surface area contributed by atoms with Crippen molar-refractivity contribution >= 4 is 29.7 Å². The summed E-state index contributed by atoms with van der Waals surface area (Å²) in [5.74, 6) is 1.47. The van der Waals surface area contributed by atoms with Crippen molar-refractivity contribution in [1.82, 2.24) is 10.3 Å². The highest BCUT2D eigenvalue weighted by molar-refractivity contribution is 6.47. The fraction of sp³-hybridized carbons (Fsp3) is 0.714. The van der Waals surface area contributed by atoms with E-state index >= 15 is 0 Å². The molecule has 1 aliphatic heterocycles. The molecule has 2 aromatic rings. The number of aromatic amines is 1. The van der Waals surface area contributed by atoms with Gasteiger partial charge >= 0.3 is 7.12 Å². The quantitative estimate of drug-likeness (QED) is 0.282. The Morgan fingerprint density at radius 3 is 2.60 bits per heavy atom. The third-order valence-corrected chi connectivity index (χ3v) is 11.6. The zero-order valence-corrected chi connectivity index (χ0v) is 26.4. The molecule has 0 spiro atoms. The number of Topliss-reactive ketones (excluding diaryl/α,β-unsaturated/α-hetero) is 1. The fourth-order valence-corrected chi connectivity index (χ4v) is 9.01. The van der Waals surface area contributed by atoms with Gasteiger partial charge in [-0.2, -0.15) is 0 Å². The highest BCUT2D eigenvalue weighted by Gasteiger charge is 2.68. The predicted octanol–water partition coefficient (Wildman–Crippen LogP) is 7.05. The molecule has 7 rings (SSSR count). The van der Waals surface area contributed by atoms with E-state index in [4.69, 9.17) is 9.31 Å². The maximum Gasteiger partial charge on any atom is 0.481 e. The van der Waals surface area contributed by atoms with Crippen LogP contribution in [0.15, 0.2) is 30.5 Å². The molecule has 5 fully saturated rings. The van der Waals surface area contributed by atoms with Gasteiger partial charge in [0.25, 0.3) is 0 Å². The van der Waals surface area contributed by atoms with Crippen molar-refractivity contribution < 1.29 is 18.9 Å². The Kier molecular flexibility index (Phi) is 8.38. The first kappa shape index (κ1) is 29.9. The van der Waals surface area contributed by atoms with Crippen LogP contribution in [0, 0.1) is 35.0 Å². The molecule has 1 amide bonds. The smallest absolute Gasteiger partial charge is 0.404 e. The lowest BCUT2D eigenvalue weighted by atomic mass is 9.43. The van der Waals surface area contributed by atoms with Crippen LogP contribution in [0.4, 0.5) is 0 Å². The molecular weight excluding hydrogens is 523 g/mol. The number of fused-ring (bicyclic) bond motifs is 1. The van der Waals surface area contributed by atoms with E-state index in [0.717, 1.165) is 42.1 Å². The highest BCUT2D eigenvalue weighted by Crippen LogP contribution is 2.65. The molecule has 2 bridgehead atoms. The summed E-state index contributed by atoms with van der Waals surface area (Å²) in [5, 5.41) is 4.50. The minimum Gasteiger partial charge on any atom is -0.404 e. The minimum atomic E-state index is -0.465. The van der Waals surface area contributed by atoms with Crippen LogP contribution in [-0.4, -0.2) is 41.4 Å². The van der Waals surface area contributed by atoms with Gasteiger partial charge in [0.2, 0.25) is 5.91 Å². The summed E-state index contributed by atoms with van der Waals surface area (Å²) in [6.45, 7) is 11.3. The van der Waals surface area contributed by atoms with Crippen molar-refractivity contribution in [3.05, 3.63) is 36.0 Å². The summed E-state index contributed by atoms with van der Waals surface area (Å²) < 4.78 is 13.5. The molecule has 42 heavy (non-hydrogen) atoms. The van der Waals surface area contributed by atoms with Crippen molar-refractivity contribution in [2.75, 3.05) is 0 Å². The van der Waals surface area contributed by atoms with Gasteiger partial charge < -0.3 is 19.6 Å². The van der Waals surface area contributed by atoms with E-state index in [1.165, 1.54) is 25.7 Å². The minimum absolute atomic E-state index is 0.0558. The average Bonchev–Trinajstić information content (AvgIpc) is 3.53. The van der Waals surface area contributed by atoms with Gasteiger partial charge in [0, 0.05) is 35.9 Å². The number of carbonyl (C=O) groups is 2. The Morgan fingerprint density at radius 1 is 1.10 bits per heavy atom. The molecule has 6 atom stereocenters. The Hall–Kier alpha value is -2.12. The number of hydrogen-bond donors (Lipinski definition) is 2. The maximum atomic E-state index is 14.2. The third-order valence-electron chi connectivity index (χ3n) is 11.6. The number of nitrogens with one attached hydrogen (secondary N) is 2. The number of aromatic nitrogens is 1. The average molecular weight is 575 g/mol. The van der Waals surface area contributed by atoms with E-state index in [9.17, 15) is 9.59 Å². The van der Waals surface area contributed by atoms with Gasteiger partial charge in [0.05, 0.1) is 17.6 Å².